The fourth-order valence-electron chi connectivity index (χ4n) is 1.23. The van der Waals surface area contributed by atoms with Crippen molar-refractivity contribution in [3.8, 4) is 0 Å². The second-order valence-corrected chi connectivity index (χ2v) is 4.21. The predicted molar refractivity (Wildman–Crippen MR) is 68.4 cm³/mol. The number of hydrogen-bond donors (Lipinski definition) is 0. The van der Waals surface area contributed by atoms with E-state index in [0.717, 1.165) is 5.56 Å². The molecule has 0 aliphatic carbocycles. The normalized spacial score (nSPS) is 11.5. The summed E-state index contributed by atoms with van der Waals surface area (Å²) in [6.45, 7) is 0. The molecule has 0 saturated carbocycles. The Labute approximate surface area is 91.7 Å². The summed E-state index contributed by atoms with van der Waals surface area (Å²) in [6.07, 6.45) is 1.92. The smallest absolute Gasteiger partial charge is 0.0329 e. The third-order valence-electron chi connectivity index (χ3n) is 1.98. The molecule has 74 valence electrons. The SMILES string of the molecule is C(=N\Pc1ccccc1)/c1ccccc1. The van der Waals surface area contributed by atoms with Crippen LogP contribution >= 0.6 is 8.73 Å². The Kier molecular flexibility index (Phi) is 3.64. The van der Waals surface area contributed by atoms with E-state index in [0.29, 0.717) is 8.73 Å². The molecule has 2 rings (SSSR count). The van der Waals surface area contributed by atoms with Gasteiger partial charge in [0.05, 0.1) is 0 Å². The first-order valence-electron chi connectivity index (χ1n) is 4.84. The van der Waals surface area contributed by atoms with Crippen LogP contribution in [0.4, 0.5) is 0 Å². The minimum atomic E-state index is 0.499. The summed E-state index contributed by atoms with van der Waals surface area (Å²) < 4.78 is 4.41. The number of hydrogen-bond acceptors (Lipinski definition) is 1. The molecule has 0 saturated heterocycles. The summed E-state index contributed by atoms with van der Waals surface area (Å²) in [4.78, 5) is 0. The first-order valence-corrected chi connectivity index (χ1v) is 5.79. The zero-order valence-electron chi connectivity index (χ0n) is 8.30. The molecule has 0 amide bonds. The third kappa shape index (κ3) is 3.30. The predicted octanol–water partition coefficient (Wildman–Crippen LogP) is 3.02. The molecule has 15 heavy (non-hydrogen) atoms. The van der Waals surface area contributed by atoms with Gasteiger partial charge in [-0.3, -0.25) is 4.76 Å². The van der Waals surface area contributed by atoms with Crippen molar-refractivity contribution in [3.63, 3.8) is 0 Å². The first kappa shape index (κ1) is 10.1. The Morgan fingerprint density at radius 2 is 1.40 bits per heavy atom. The molecule has 1 nitrogen and oxygen atoms in total. The first-order chi connectivity index (χ1) is 7.45. The quantitative estimate of drug-likeness (QED) is 0.549. The largest absolute Gasteiger partial charge is 0.267 e. The van der Waals surface area contributed by atoms with Crippen molar-refractivity contribution in [2.45, 2.75) is 0 Å². The Balaban J connectivity index is 1.97. The molecule has 2 aromatic rings. The number of rotatable bonds is 3. The molecule has 0 heterocycles. The van der Waals surface area contributed by atoms with Gasteiger partial charge in [0.1, 0.15) is 0 Å². The van der Waals surface area contributed by atoms with Gasteiger partial charge < -0.3 is 0 Å². The molecule has 2 heteroatoms. The highest BCUT2D eigenvalue weighted by atomic mass is 31.1. The second-order valence-electron chi connectivity index (χ2n) is 3.15. The lowest BCUT2D eigenvalue weighted by atomic mass is 10.2. The van der Waals surface area contributed by atoms with Gasteiger partial charge in [-0.15, -0.1) is 0 Å². The van der Waals surface area contributed by atoms with Crippen molar-refractivity contribution >= 4 is 20.3 Å². The van der Waals surface area contributed by atoms with Gasteiger partial charge in [-0.2, -0.15) is 0 Å². The number of benzene rings is 2. The Bertz CT molecular complexity index is 423. The van der Waals surface area contributed by atoms with Crippen LogP contribution in [0.3, 0.4) is 0 Å². The maximum absolute atomic E-state index is 4.41. The van der Waals surface area contributed by atoms with Gasteiger partial charge in [-0.1, -0.05) is 60.7 Å². The summed E-state index contributed by atoms with van der Waals surface area (Å²) in [5, 5.41) is 1.27. The van der Waals surface area contributed by atoms with Crippen molar-refractivity contribution < 1.29 is 0 Å². The van der Waals surface area contributed by atoms with Gasteiger partial charge in [0.2, 0.25) is 0 Å². The van der Waals surface area contributed by atoms with E-state index >= 15 is 0 Å². The molecule has 0 spiro atoms. The van der Waals surface area contributed by atoms with E-state index < -0.39 is 0 Å². The van der Waals surface area contributed by atoms with E-state index in [2.05, 4.69) is 29.0 Å². The fourth-order valence-corrected chi connectivity index (χ4v) is 1.94. The lowest BCUT2D eigenvalue weighted by Crippen LogP contribution is -1.89. The van der Waals surface area contributed by atoms with Gasteiger partial charge in [0.25, 0.3) is 0 Å². The topological polar surface area (TPSA) is 12.4 Å². The molecule has 0 fully saturated rings. The van der Waals surface area contributed by atoms with E-state index in [1.807, 2.05) is 42.6 Å². The van der Waals surface area contributed by atoms with Gasteiger partial charge in [-0.05, 0) is 10.9 Å². The minimum Gasteiger partial charge on any atom is -0.267 e. The third-order valence-corrected chi connectivity index (χ3v) is 2.83. The highest BCUT2D eigenvalue weighted by Gasteiger charge is 1.87. The zero-order chi connectivity index (χ0) is 10.3. The average molecular weight is 213 g/mol. The Morgan fingerprint density at radius 1 is 0.800 bits per heavy atom. The summed E-state index contributed by atoms with van der Waals surface area (Å²) in [5.74, 6) is 0. The minimum absolute atomic E-state index is 0.499. The van der Waals surface area contributed by atoms with Crippen LogP contribution in [0, 0.1) is 0 Å². The standard InChI is InChI=1S/C13H12NP/c1-3-7-12(8-4-1)11-14-15-13-9-5-2-6-10-13/h1-11,15H/b14-11+. The molecule has 0 bridgehead atoms. The van der Waals surface area contributed by atoms with Crippen molar-refractivity contribution in [1.29, 1.82) is 0 Å². The average Bonchev–Trinajstić information content (AvgIpc) is 2.32. The fraction of sp³-hybridized carbons (Fsp3) is 0. The molecule has 1 atom stereocenters. The molecule has 0 aliphatic rings. The molecule has 0 N–H and O–H groups in total. The summed E-state index contributed by atoms with van der Waals surface area (Å²) in [6, 6.07) is 20.5. The lowest BCUT2D eigenvalue weighted by molar-refractivity contribution is 1.67. The van der Waals surface area contributed by atoms with Crippen molar-refractivity contribution in [3.05, 3.63) is 66.2 Å². The Hall–Kier alpha value is -1.46. The van der Waals surface area contributed by atoms with Gasteiger partial charge >= 0.3 is 0 Å². The second kappa shape index (κ2) is 5.43. The van der Waals surface area contributed by atoms with E-state index in [-0.39, 0.29) is 0 Å². The van der Waals surface area contributed by atoms with Crippen LogP contribution in [0.5, 0.6) is 0 Å². The van der Waals surface area contributed by atoms with Crippen LogP contribution in [0.25, 0.3) is 0 Å². The lowest BCUT2D eigenvalue weighted by Gasteiger charge is -1.94. The molecule has 0 aromatic heterocycles. The van der Waals surface area contributed by atoms with Crippen molar-refractivity contribution in [2.24, 2.45) is 4.76 Å². The maximum Gasteiger partial charge on any atom is 0.0329 e. The van der Waals surface area contributed by atoms with Crippen molar-refractivity contribution in [2.75, 3.05) is 0 Å². The zero-order valence-corrected chi connectivity index (χ0v) is 9.30. The highest BCUT2D eigenvalue weighted by Crippen LogP contribution is 2.10. The molecule has 2 aromatic carbocycles. The Morgan fingerprint density at radius 3 is 2.07 bits per heavy atom. The monoisotopic (exact) mass is 213 g/mol. The van der Waals surface area contributed by atoms with E-state index in [9.17, 15) is 0 Å². The van der Waals surface area contributed by atoms with Gasteiger partial charge in [0.15, 0.2) is 0 Å². The van der Waals surface area contributed by atoms with E-state index in [1.54, 1.807) is 0 Å². The van der Waals surface area contributed by atoms with Crippen LogP contribution in [0.2, 0.25) is 0 Å². The molecular formula is C13H12NP. The van der Waals surface area contributed by atoms with E-state index in [4.69, 9.17) is 0 Å². The summed E-state index contributed by atoms with van der Waals surface area (Å²) in [5.41, 5.74) is 1.15. The van der Waals surface area contributed by atoms with Crippen molar-refractivity contribution in [1.82, 2.24) is 0 Å². The van der Waals surface area contributed by atoms with E-state index in [1.165, 1.54) is 5.30 Å². The van der Waals surface area contributed by atoms with Crippen LogP contribution < -0.4 is 5.30 Å². The van der Waals surface area contributed by atoms with Gasteiger partial charge in [-0.25, -0.2) is 0 Å². The number of nitrogens with zero attached hydrogens (tertiary/aromatic N) is 1. The van der Waals surface area contributed by atoms with Gasteiger partial charge in [0, 0.05) is 14.9 Å². The highest BCUT2D eigenvalue weighted by molar-refractivity contribution is 7.45. The van der Waals surface area contributed by atoms with Crippen LogP contribution in [-0.2, 0) is 0 Å². The summed E-state index contributed by atoms with van der Waals surface area (Å²) >= 11 is 0. The van der Waals surface area contributed by atoms with Crippen LogP contribution in [0.1, 0.15) is 5.56 Å². The van der Waals surface area contributed by atoms with Crippen LogP contribution in [0.15, 0.2) is 65.4 Å². The molecule has 0 radical (unpaired) electrons. The summed E-state index contributed by atoms with van der Waals surface area (Å²) in [7, 11) is 0.499. The molecule has 1 unspecified atom stereocenters. The molecular weight excluding hydrogens is 201 g/mol. The van der Waals surface area contributed by atoms with Crippen LogP contribution in [-0.4, -0.2) is 6.21 Å². The maximum atomic E-state index is 4.41. The molecule has 0 aliphatic heterocycles.